The van der Waals surface area contributed by atoms with Crippen molar-refractivity contribution in [1.82, 2.24) is 5.32 Å². The zero-order valence-electron chi connectivity index (χ0n) is 12.6. The minimum atomic E-state index is -0.775. The molecule has 0 bridgehead atoms. The Morgan fingerprint density at radius 3 is 2.33 bits per heavy atom. The van der Waals surface area contributed by atoms with Crippen molar-refractivity contribution in [3.63, 3.8) is 0 Å². The Morgan fingerprint density at radius 2 is 1.86 bits per heavy atom. The Hall–Kier alpha value is -2.14. The molecular formula is C16H21NO4. The fourth-order valence-electron chi connectivity index (χ4n) is 1.95. The minimum Gasteiger partial charge on any atom is -0.467 e. The molecule has 0 aromatic heterocycles. The summed E-state index contributed by atoms with van der Waals surface area (Å²) in [7, 11) is 2.73. The lowest BCUT2D eigenvalue weighted by Gasteiger charge is -2.20. The molecule has 0 fully saturated rings. The summed E-state index contributed by atoms with van der Waals surface area (Å²) in [4.78, 5) is 24.0. The van der Waals surface area contributed by atoms with Crippen LogP contribution in [-0.2, 0) is 19.1 Å². The molecule has 0 saturated carbocycles. The molecule has 114 valence electrons. The molecule has 1 rings (SSSR count). The number of benzene rings is 1. The number of amides is 1. The van der Waals surface area contributed by atoms with Crippen molar-refractivity contribution in [3.8, 4) is 0 Å². The van der Waals surface area contributed by atoms with Crippen molar-refractivity contribution in [1.29, 1.82) is 0 Å². The number of ether oxygens (including phenoxy) is 2. The van der Waals surface area contributed by atoms with Gasteiger partial charge in [-0.25, -0.2) is 4.79 Å². The van der Waals surface area contributed by atoms with Crippen LogP contribution < -0.4 is 5.32 Å². The molecule has 5 nitrogen and oxygen atoms in total. The summed E-state index contributed by atoms with van der Waals surface area (Å²) in [5.41, 5.74) is 1.50. The third kappa shape index (κ3) is 5.04. The number of rotatable bonds is 7. The molecule has 5 heteroatoms. The molecule has 21 heavy (non-hydrogen) atoms. The number of carbonyl (C=O) groups excluding carboxylic acids is 2. The summed E-state index contributed by atoms with van der Waals surface area (Å²) >= 11 is 0. The van der Waals surface area contributed by atoms with E-state index in [-0.39, 0.29) is 5.91 Å². The quantitative estimate of drug-likeness (QED) is 0.616. The molecule has 0 aliphatic rings. The van der Waals surface area contributed by atoms with Crippen LogP contribution in [-0.4, -0.2) is 32.1 Å². The predicted molar refractivity (Wildman–Crippen MR) is 79.6 cm³/mol. The zero-order valence-corrected chi connectivity index (χ0v) is 12.6. The number of methoxy groups -OCH3 is 2. The molecule has 1 aromatic rings. The van der Waals surface area contributed by atoms with Crippen LogP contribution in [0.2, 0.25) is 0 Å². The normalized spacial score (nSPS) is 13.1. The van der Waals surface area contributed by atoms with Gasteiger partial charge >= 0.3 is 5.97 Å². The summed E-state index contributed by atoms with van der Waals surface area (Å²) in [5.74, 6) is -0.894. The summed E-state index contributed by atoms with van der Waals surface area (Å²) < 4.78 is 9.93. The van der Waals surface area contributed by atoms with E-state index in [1.54, 1.807) is 19.1 Å². The van der Waals surface area contributed by atoms with E-state index in [9.17, 15) is 9.59 Å². The van der Waals surface area contributed by atoms with Crippen molar-refractivity contribution in [3.05, 3.63) is 48.0 Å². The van der Waals surface area contributed by atoms with E-state index >= 15 is 0 Å². The summed E-state index contributed by atoms with van der Waals surface area (Å²) in [6, 6.07) is 8.31. The van der Waals surface area contributed by atoms with Gasteiger partial charge in [-0.15, -0.1) is 6.58 Å². The van der Waals surface area contributed by atoms with Crippen LogP contribution in [0, 0.1) is 0 Å². The third-order valence-electron chi connectivity index (χ3n) is 2.93. The Bertz CT molecular complexity index is 498. The van der Waals surface area contributed by atoms with E-state index in [1.807, 2.05) is 18.2 Å². The molecular weight excluding hydrogens is 270 g/mol. The number of carbonyl (C=O) groups is 2. The summed E-state index contributed by atoms with van der Waals surface area (Å²) in [5, 5.41) is 2.65. The van der Waals surface area contributed by atoms with Gasteiger partial charge in [0.1, 0.15) is 6.04 Å². The first-order valence-corrected chi connectivity index (χ1v) is 6.60. The van der Waals surface area contributed by atoms with Gasteiger partial charge < -0.3 is 14.8 Å². The topological polar surface area (TPSA) is 64.6 Å². The Labute approximate surface area is 124 Å². The fourth-order valence-corrected chi connectivity index (χ4v) is 1.95. The van der Waals surface area contributed by atoms with Crippen molar-refractivity contribution in [2.24, 2.45) is 0 Å². The second-order valence-electron chi connectivity index (χ2n) is 4.77. The van der Waals surface area contributed by atoms with Gasteiger partial charge in [-0.1, -0.05) is 35.9 Å². The molecule has 0 spiro atoms. The Morgan fingerprint density at radius 1 is 1.24 bits per heavy atom. The number of nitrogens with one attached hydrogen (secondary N) is 1. The highest BCUT2D eigenvalue weighted by Gasteiger charge is 2.27. The molecule has 0 aliphatic carbocycles. The van der Waals surface area contributed by atoms with E-state index < -0.39 is 18.1 Å². The molecule has 1 amide bonds. The average Bonchev–Trinajstić information content (AvgIpc) is 2.47. The van der Waals surface area contributed by atoms with Crippen LogP contribution in [0.1, 0.15) is 25.0 Å². The molecule has 0 heterocycles. The van der Waals surface area contributed by atoms with Crippen LogP contribution >= 0.6 is 0 Å². The second-order valence-corrected chi connectivity index (χ2v) is 4.77. The minimum absolute atomic E-state index is 0.323. The maximum absolute atomic E-state index is 12.3. The average molecular weight is 291 g/mol. The van der Waals surface area contributed by atoms with Crippen LogP contribution in [0.5, 0.6) is 0 Å². The summed E-state index contributed by atoms with van der Waals surface area (Å²) in [6.07, 6.45) is -0.452. The van der Waals surface area contributed by atoms with Crippen molar-refractivity contribution in [2.45, 2.75) is 25.5 Å². The van der Waals surface area contributed by atoms with Crippen LogP contribution in [0.25, 0.3) is 0 Å². The lowest BCUT2D eigenvalue weighted by molar-refractivity contribution is -0.146. The van der Waals surface area contributed by atoms with Gasteiger partial charge in [-0.05, 0) is 18.9 Å². The van der Waals surface area contributed by atoms with Gasteiger partial charge in [0.25, 0.3) is 5.91 Å². The van der Waals surface area contributed by atoms with E-state index in [0.717, 1.165) is 11.1 Å². The number of hydrogen-bond acceptors (Lipinski definition) is 4. The SMILES string of the molecule is C=C(C)C[C@@H](NC(=O)[C@H](OC)c1ccccc1)C(=O)OC. The van der Waals surface area contributed by atoms with Gasteiger partial charge in [-0.2, -0.15) is 0 Å². The maximum atomic E-state index is 12.3. The van der Waals surface area contributed by atoms with E-state index in [0.29, 0.717) is 6.42 Å². The second kappa shape index (κ2) is 8.21. The zero-order chi connectivity index (χ0) is 15.8. The molecule has 0 radical (unpaired) electrons. The van der Waals surface area contributed by atoms with Gasteiger partial charge in [0, 0.05) is 7.11 Å². The van der Waals surface area contributed by atoms with Crippen molar-refractivity contribution < 1.29 is 19.1 Å². The fraction of sp³-hybridized carbons (Fsp3) is 0.375. The van der Waals surface area contributed by atoms with E-state index in [2.05, 4.69) is 11.9 Å². The third-order valence-corrected chi connectivity index (χ3v) is 2.93. The molecule has 0 saturated heterocycles. The van der Waals surface area contributed by atoms with Crippen LogP contribution in [0.3, 0.4) is 0 Å². The van der Waals surface area contributed by atoms with Crippen molar-refractivity contribution in [2.75, 3.05) is 14.2 Å². The lowest BCUT2D eigenvalue weighted by atomic mass is 10.1. The van der Waals surface area contributed by atoms with E-state index in [1.165, 1.54) is 14.2 Å². The van der Waals surface area contributed by atoms with Crippen LogP contribution in [0.15, 0.2) is 42.5 Å². The monoisotopic (exact) mass is 291 g/mol. The molecule has 1 N–H and O–H groups in total. The predicted octanol–water partition coefficient (Wildman–Crippen LogP) is 2.00. The molecule has 2 atom stereocenters. The summed E-state index contributed by atoms with van der Waals surface area (Å²) in [6.45, 7) is 5.54. The highest BCUT2D eigenvalue weighted by atomic mass is 16.5. The molecule has 0 aliphatic heterocycles. The number of esters is 1. The van der Waals surface area contributed by atoms with Gasteiger partial charge in [0.15, 0.2) is 6.10 Å². The lowest BCUT2D eigenvalue weighted by Crippen LogP contribution is -2.44. The Kier molecular flexibility index (Phi) is 6.62. The molecule has 0 unspecified atom stereocenters. The smallest absolute Gasteiger partial charge is 0.328 e. The van der Waals surface area contributed by atoms with Crippen LogP contribution in [0.4, 0.5) is 0 Å². The largest absolute Gasteiger partial charge is 0.467 e. The first-order chi connectivity index (χ1) is 9.99. The van der Waals surface area contributed by atoms with Gasteiger partial charge in [0.05, 0.1) is 7.11 Å². The van der Waals surface area contributed by atoms with Gasteiger partial charge in [0.2, 0.25) is 0 Å². The Balaban J connectivity index is 2.84. The van der Waals surface area contributed by atoms with Gasteiger partial charge in [-0.3, -0.25) is 4.79 Å². The van der Waals surface area contributed by atoms with Crippen molar-refractivity contribution >= 4 is 11.9 Å². The first-order valence-electron chi connectivity index (χ1n) is 6.60. The first kappa shape index (κ1) is 16.9. The highest BCUT2D eigenvalue weighted by molar-refractivity contribution is 5.87. The number of hydrogen-bond donors (Lipinski definition) is 1. The van der Waals surface area contributed by atoms with E-state index in [4.69, 9.17) is 9.47 Å². The standard InChI is InChI=1S/C16H21NO4/c1-11(2)10-13(16(19)21-4)17-15(18)14(20-3)12-8-6-5-7-9-12/h5-9,13-14H,1,10H2,2-4H3,(H,17,18)/t13-,14-/m1/s1. The highest BCUT2D eigenvalue weighted by Crippen LogP contribution is 2.17. The molecule has 1 aromatic carbocycles. The maximum Gasteiger partial charge on any atom is 0.328 e.